The van der Waals surface area contributed by atoms with E-state index in [1.54, 1.807) is 0 Å². The van der Waals surface area contributed by atoms with Crippen LogP contribution in [0.2, 0.25) is 0 Å². The Bertz CT molecular complexity index is 401. The zero-order valence-corrected chi connectivity index (χ0v) is 12.0. The third-order valence-corrected chi connectivity index (χ3v) is 4.57. The van der Waals surface area contributed by atoms with E-state index in [1.807, 2.05) is 0 Å². The van der Waals surface area contributed by atoms with Crippen LogP contribution in [0.4, 0.5) is 0 Å². The van der Waals surface area contributed by atoms with Gasteiger partial charge >= 0.3 is 0 Å². The second kappa shape index (κ2) is 5.64. The van der Waals surface area contributed by atoms with E-state index in [-0.39, 0.29) is 5.60 Å². The standard InChI is InChI=1S/C17H25NO/c1-15-12-17(19-13-15)9-5-10-18(14-17)11-8-16-6-3-2-4-7-16/h2-4,6-7,15H,5,8-14H2,1H3/t15-,17-/m0/s1. The molecule has 2 heterocycles. The second-order valence-corrected chi connectivity index (χ2v) is 6.42. The number of likely N-dealkylation sites (tertiary alicyclic amines) is 1. The van der Waals surface area contributed by atoms with Crippen LogP contribution in [0.15, 0.2) is 30.3 Å². The predicted octanol–water partition coefficient (Wildman–Crippen LogP) is 3.12. The molecule has 2 heteroatoms. The molecule has 2 atom stereocenters. The zero-order valence-electron chi connectivity index (χ0n) is 12.0. The molecule has 0 radical (unpaired) electrons. The molecule has 0 unspecified atom stereocenters. The molecule has 2 aliphatic heterocycles. The van der Waals surface area contributed by atoms with Crippen LogP contribution in [-0.4, -0.2) is 36.7 Å². The van der Waals surface area contributed by atoms with Gasteiger partial charge < -0.3 is 9.64 Å². The molecule has 2 fully saturated rings. The lowest BCUT2D eigenvalue weighted by molar-refractivity contribution is -0.0511. The van der Waals surface area contributed by atoms with Crippen LogP contribution in [0.1, 0.15) is 31.7 Å². The molecule has 0 aromatic heterocycles. The lowest BCUT2D eigenvalue weighted by atomic mass is 9.87. The summed E-state index contributed by atoms with van der Waals surface area (Å²) in [6.07, 6.45) is 4.97. The summed E-state index contributed by atoms with van der Waals surface area (Å²) in [5.41, 5.74) is 1.64. The van der Waals surface area contributed by atoms with Gasteiger partial charge in [0.2, 0.25) is 0 Å². The summed E-state index contributed by atoms with van der Waals surface area (Å²) in [7, 11) is 0. The highest BCUT2D eigenvalue weighted by Gasteiger charge is 2.41. The highest BCUT2D eigenvalue weighted by Crippen LogP contribution is 2.37. The van der Waals surface area contributed by atoms with Crippen LogP contribution in [0.5, 0.6) is 0 Å². The van der Waals surface area contributed by atoms with Gasteiger partial charge in [-0.25, -0.2) is 0 Å². The monoisotopic (exact) mass is 259 g/mol. The van der Waals surface area contributed by atoms with E-state index in [1.165, 1.54) is 37.9 Å². The maximum Gasteiger partial charge on any atom is 0.0812 e. The van der Waals surface area contributed by atoms with Crippen molar-refractivity contribution < 1.29 is 4.74 Å². The van der Waals surface area contributed by atoms with Crippen LogP contribution >= 0.6 is 0 Å². The summed E-state index contributed by atoms with van der Waals surface area (Å²) in [5, 5.41) is 0. The minimum absolute atomic E-state index is 0.189. The Morgan fingerprint density at radius 2 is 2.16 bits per heavy atom. The summed E-state index contributed by atoms with van der Waals surface area (Å²) in [5.74, 6) is 0.745. The Balaban J connectivity index is 1.54. The molecule has 1 aromatic rings. The van der Waals surface area contributed by atoms with Crippen molar-refractivity contribution in [2.45, 2.75) is 38.2 Å². The van der Waals surface area contributed by atoms with Crippen molar-refractivity contribution in [3.63, 3.8) is 0 Å². The molecule has 104 valence electrons. The third-order valence-electron chi connectivity index (χ3n) is 4.57. The molecule has 1 spiro atoms. The second-order valence-electron chi connectivity index (χ2n) is 6.42. The van der Waals surface area contributed by atoms with E-state index >= 15 is 0 Å². The number of hydrogen-bond donors (Lipinski definition) is 0. The number of hydrogen-bond acceptors (Lipinski definition) is 2. The van der Waals surface area contributed by atoms with E-state index in [4.69, 9.17) is 4.74 Å². The number of rotatable bonds is 3. The average molecular weight is 259 g/mol. The first kappa shape index (κ1) is 13.1. The lowest BCUT2D eigenvalue weighted by Gasteiger charge is -2.39. The largest absolute Gasteiger partial charge is 0.373 e. The van der Waals surface area contributed by atoms with Crippen molar-refractivity contribution >= 4 is 0 Å². The summed E-state index contributed by atoms with van der Waals surface area (Å²) in [4.78, 5) is 2.61. The van der Waals surface area contributed by atoms with Crippen molar-refractivity contribution in [1.29, 1.82) is 0 Å². The topological polar surface area (TPSA) is 12.5 Å². The molecule has 0 saturated carbocycles. The lowest BCUT2D eigenvalue weighted by Crippen LogP contribution is -2.48. The van der Waals surface area contributed by atoms with Crippen molar-refractivity contribution in [3.8, 4) is 0 Å². The number of benzene rings is 1. The molecule has 3 rings (SSSR count). The Morgan fingerprint density at radius 3 is 2.89 bits per heavy atom. The summed E-state index contributed by atoms with van der Waals surface area (Å²) in [6, 6.07) is 10.8. The van der Waals surface area contributed by atoms with Crippen molar-refractivity contribution in [2.24, 2.45) is 5.92 Å². The Labute approximate surface area is 116 Å². The molecule has 2 saturated heterocycles. The molecule has 0 bridgehead atoms. The Hall–Kier alpha value is -0.860. The fraction of sp³-hybridized carbons (Fsp3) is 0.647. The van der Waals surface area contributed by atoms with Gasteiger partial charge in [-0.1, -0.05) is 37.3 Å². The van der Waals surface area contributed by atoms with Gasteiger partial charge in [0.05, 0.1) is 12.2 Å². The highest BCUT2D eigenvalue weighted by molar-refractivity contribution is 5.15. The summed E-state index contributed by atoms with van der Waals surface area (Å²) < 4.78 is 6.13. The molecular formula is C17H25NO. The Morgan fingerprint density at radius 1 is 1.32 bits per heavy atom. The van der Waals surface area contributed by atoms with Crippen molar-refractivity contribution in [3.05, 3.63) is 35.9 Å². The van der Waals surface area contributed by atoms with Crippen LogP contribution in [0.3, 0.4) is 0 Å². The van der Waals surface area contributed by atoms with Gasteiger partial charge in [0.25, 0.3) is 0 Å². The quantitative estimate of drug-likeness (QED) is 0.827. The molecular weight excluding hydrogens is 234 g/mol. The first-order valence-electron chi connectivity index (χ1n) is 7.66. The molecule has 19 heavy (non-hydrogen) atoms. The van der Waals surface area contributed by atoms with Gasteiger partial charge in [-0.05, 0) is 43.7 Å². The van der Waals surface area contributed by atoms with E-state index in [0.717, 1.165) is 25.5 Å². The van der Waals surface area contributed by atoms with Crippen LogP contribution in [-0.2, 0) is 11.2 Å². The molecule has 0 aliphatic carbocycles. The Kier molecular flexibility index (Phi) is 3.90. The first-order valence-corrected chi connectivity index (χ1v) is 7.66. The molecule has 2 nitrogen and oxygen atoms in total. The molecule has 0 N–H and O–H groups in total. The van der Waals surface area contributed by atoms with Gasteiger partial charge in [-0.3, -0.25) is 0 Å². The van der Waals surface area contributed by atoms with E-state index in [2.05, 4.69) is 42.2 Å². The maximum absolute atomic E-state index is 6.13. The van der Waals surface area contributed by atoms with Gasteiger partial charge in [-0.15, -0.1) is 0 Å². The highest BCUT2D eigenvalue weighted by atomic mass is 16.5. The van der Waals surface area contributed by atoms with Gasteiger partial charge in [0.15, 0.2) is 0 Å². The minimum Gasteiger partial charge on any atom is -0.373 e. The van der Waals surface area contributed by atoms with Gasteiger partial charge in [0.1, 0.15) is 0 Å². The summed E-state index contributed by atoms with van der Waals surface area (Å²) >= 11 is 0. The van der Waals surface area contributed by atoms with Crippen molar-refractivity contribution in [1.82, 2.24) is 4.90 Å². The van der Waals surface area contributed by atoms with E-state index in [0.29, 0.717) is 0 Å². The molecule has 0 amide bonds. The van der Waals surface area contributed by atoms with Crippen molar-refractivity contribution in [2.75, 3.05) is 26.2 Å². The fourth-order valence-corrected chi connectivity index (χ4v) is 3.67. The summed E-state index contributed by atoms with van der Waals surface area (Å²) in [6.45, 7) is 6.84. The molecule has 2 aliphatic rings. The number of nitrogens with zero attached hydrogens (tertiary/aromatic N) is 1. The smallest absolute Gasteiger partial charge is 0.0812 e. The fourth-order valence-electron chi connectivity index (χ4n) is 3.67. The minimum atomic E-state index is 0.189. The van der Waals surface area contributed by atoms with E-state index < -0.39 is 0 Å². The van der Waals surface area contributed by atoms with Crippen LogP contribution in [0.25, 0.3) is 0 Å². The SMILES string of the molecule is C[C@@H]1CO[C@@]2(CCCN(CCc3ccccc3)C2)C1. The average Bonchev–Trinajstić information content (AvgIpc) is 2.78. The van der Waals surface area contributed by atoms with Crippen LogP contribution < -0.4 is 0 Å². The normalized spacial score (nSPS) is 31.9. The van der Waals surface area contributed by atoms with E-state index in [9.17, 15) is 0 Å². The third kappa shape index (κ3) is 3.18. The zero-order chi connectivity index (χ0) is 13.1. The van der Waals surface area contributed by atoms with Gasteiger partial charge in [-0.2, -0.15) is 0 Å². The number of ether oxygens (including phenoxy) is 1. The first-order chi connectivity index (χ1) is 9.26. The van der Waals surface area contributed by atoms with Gasteiger partial charge in [0, 0.05) is 13.1 Å². The predicted molar refractivity (Wildman–Crippen MR) is 78.3 cm³/mol. The maximum atomic E-state index is 6.13. The number of piperidine rings is 1. The molecule has 1 aromatic carbocycles. The van der Waals surface area contributed by atoms with Crippen LogP contribution in [0, 0.1) is 5.92 Å².